The molecule has 0 aromatic rings. The summed E-state index contributed by atoms with van der Waals surface area (Å²) in [6.07, 6.45) is 5.66. The van der Waals surface area contributed by atoms with Gasteiger partial charge in [0.1, 0.15) is 0 Å². The summed E-state index contributed by atoms with van der Waals surface area (Å²) in [5.41, 5.74) is 0.0563. The highest BCUT2D eigenvalue weighted by Crippen LogP contribution is 2.48. The molecule has 0 N–H and O–H groups in total. The van der Waals surface area contributed by atoms with Crippen molar-refractivity contribution in [3.8, 4) is 0 Å². The lowest BCUT2D eigenvalue weighted by Gasteiger charge is -2.22. The Hall–Kier alpha value is -0.0800. The van der Waals surface area contributed by atoms with Crippen molar-refractivity contribution in [3.63, 3.8) is 0 Å². The van der Waals surface area contributed by atoms with Crippen molar-refractivity contribution >= 4 is 0 Å². The largest absolute Gasteiger partial charge is 0.242 e. The second-order valence-corrected chi connectivity index (χ2v) is 4.43. The molecular weight excluding hydrogens is 152 g/mol. The van der Waals surface area contributed by atoms with Gasteiger partial charge in [0.25, 0.3) is 0 Å². The van der Waals surface area contributed by atoms with Gasteiger partial charge in [-0.3, -0.25) is 0 Å². The average molecular weight is 171 g/mol. The van der Waals surface area contributed by atoms with E-state index >= 15 is 0 Å². The van der Waals surface area contributed by atoms with E-state index in [2.05, 4.69) is 34.1 Å². The molecule has 0 unspecified atom stereocenters. The van der Waals surface area contributed by atoms with Crippen molar-refractivity contribution in [1.29, 1.82) is 0 Å². The maximum absolute atomic E-state index is 5.05. The van der Waals surface area contributed by atoms with Crippen LogP contribution in [0, 0.1) is 11.8 Å². The number of hydrogen-bond donors (Lipinski definition) is 0. The van der Waals surface area contributed by atoms with E-state index in [1.54, 1.807) is 0 Å². The van der Waals surface area contributed by atoms with Gasteiger partial charge in [-0.05, 0) is 6.42 Å². The molecule has 1 rings (SSSR count). The Kier molecular flexibility index (Phi) is 2.79. The summed E-state index contributed by atoms with van der Waals surface area (Å²) in [5.74, 6) is -0.387. The molecule has 1 aliphatic heterocycles. The fraction of sp³-hybridized carbons (Fsp3) is 0.900. The van der Waals surface area contributed by atoms with E-state index in [-0.39, 0.29) is 11.2 Å². The zero-order valence-electron chi connectivity index (χ0n) is 8.52. The Balaban J connectivity index is 2.30. The van der Waals surface area contributed by atoms with Crippen LogP contribution in [0.3, 0.4) is 0 Å². The summed E-state index contributed by atoms with van der Waals surface area (Å²) in [5, 5.41) is 0. The molecular formula is C10H19O2. The zero-order valence-corrected chi connectivity index (χ0v) is 8.52. The second kappa shape index (κ2) is 3.35. The molecule has 1 heterocycles. The van der Waals surface area contributed by atoms with Gasteiger partial charge in [-0.2, -0.15) is 9.78 Å². The Morgan fingerprint density at radius 3 is 2.17 bits per heavy atom. The predicted molar refractivity (Wildman–Crippen MR) is 48.2 cm³/mol. The van der Waals surface area contributed by atoms with Gasteiger partial charge in [-0.25, -0.2) is 0 Å². The van der Waals surface area contributed by atoms with E-state index in [9.17, 15) is 0 Å². The number of hydrogen-bond acceptors (Lipinski definition) is 2. The highest BCUT2D eigenvalue weighted by Gasteiger charge is 2.57. The average Bonchev–Trinajstić information content (AvgIpc) is 2.67. The zero-order chi connectivity index (χ0) is 9.24. The lowest BCUT2D eigenvalue weighted by Crippen LogP contribution is -2.30. The predicted octanol–water partition coefficient (Wildman–Crippen LogP) is 3.09. The van der Waals surface area contributed by atoms with Crippen LogP contribution < -0.4 is 0 Å². The third-order valence-corrected chi connectivity index (χ3v) is 2.28. The lowest BCUT2D eigenvalue weighted by atomic mass is 9.83. The first kappa shape index (κ1) is 10.0. The second-order valence-electron chi connectivity index (χ2n) is 4.43. The van der Waals surface area contributed by atoms with Crippen LogP contribution in [-0.2, 0) is 9.78 Å². The maximum atomic E-state index is 5.05. The summed E-state index contributed by atoms with van der Waals surface area (Å²) in [4.78, 5) is 10.1. The summed E-state index contributed by atoms with van der Waals surface area (Å²) in [7, 11) is 0. The topological polar surface area (TPSA) is 25.1 Å². The molecule has 1 radical (unpaired) electrons. The highest BCUT2D eigenvalue weighted by molar-refractivity contribution is 4.99. The summed E-state index contributed by atoms with van der Waals surface area (Å²) in [6.45, 7) is 8.57. The SMILES string of the molecule is CCCC[CH]C1(C(C)(C)C)OO1. The lowest BCUT2D eigenvalue weighted by molar-refractivity contribution is 0.0850. The van der Waals surface area contributed by atoms with Crippen LogP contribution in [0.4, 0.5) is 0 Å². The minimum atomic E-state index is -0.387. The van der Waals surface area contributed by atoms with Gasteiger partial charge < -0.3 is 0 Å². The Morgan fingerprint density at radius 2 is 1.83 bits per heavy atom. The minimum Gasteiger partial charge on any atom is -0.194 e. The van der Waals surface area contributed by atoms with E-state index in [0.717, 1.165) is 6.42 Å². The molecule has 0 aliphatic carbocycles. The fourth-order valence-corrected chi connectivity index (χ4v) is 1.17. The molecule has 2 nitrogen and oxygen atoms in total. The van der Waals surface area contributed by atoms with Crippen molar-refractivity contribution in [2.24, 2.45) is 5.41 Å². The molecule has 0 amide bonds. The van der Waals surface area contributed by atoms with E-state index in [1.165, 1.54) is 12.8 Å². The van der Waals surface area contributed by atoms with Crippen molar-refractivity contribution in [1.82, 2.24) is 0 Å². The molecule has 0 aromatic carbocycles. The highest BCUT2D eigenvalue weighted by atomic mass is 17.4. The molecule has 71 valence electrons. The fourth-order valence-electron chi connectivity index (χ4n) is 1.17. The Morgan fingerprint density at radius 1 is 1.25 bits per heavy atom. The van der Waals surface area contributed by atoms with Crippen molar-refractivity contribution in [3.05, 3.63) is 6.42 Å². The summed E-state index contributed by atoms with van der Waals surface area (Å²) < 4.78 is 0. The van der Waals surface area contributed by atoms with E-state index in [4.69, 9.17) is 9.78 Å². The quantitative estimate of drug-likeness (QED) is 0.369. The third-order valence-electron chi connectivity index (χ3n) is 2.28. The van der Waals surface area contributed by atoms with Gasteiger partial charge >= 0.3 is 0 Å². The third kappa shape index (κ3) is 1.99. The van der Waals surface area contributed by atoms with Crippen LogP contribution in [0.15, 0.2) is 0 Å². The molecule has 0 saturated carbocycles. The van der Waals surface area contributed by atoms with Crippen molar-refractivity contribution in [2.75, 3.05) is 0 Å². The molecule has 1 fully saturated rings. The van der Waals surface area contributed by atoms with Gasteiger partial charge in [0.05, 0.1) is 0 Å². The van der Waals surface area contributed by atoms with Crippen LogP contribution in [0.25, 0.3) is 0 Å². The Labute approximate surface area is 75.2 Å². The standard InChI is InChI=1S/C10H19O2/c1-5-6-7-8-10(11-12-10)9(2,3)4/h8H,5-7H2,1-4H3. The summed E-state index contributed by atoms with van der Waals surface area (Å²) >= 11 is 0. The maximum Gasteiger partial charge on any atom is 0.242 e. The molecule has 12 heavy (non-hydrogen) atoms. The first-order valence-corrected chi connectivity index (χ1v) is 4.73. The van der Waals surface area contributed by atoms with Gasteiger partial charge in [-0.1, -0.05) is 40.5 Å². The molecule has 0 aromatic heterocycles. The van der Waals surface area contributed by atoms with Crippen LogP contribution >= 0.6 is 0 Å². The Bertz CT molecular complexity index is 142. The minimum absolute atomic E-state index is 0.0563. The van der Waals surface area contributed by atoms with Crippen LogP contribution in [0.5, 0.6) is 0 Å². The van der Waals surface area contributed by atoms with Crippen LogP contribution in [-0.4, -0.2) is 5.79 Å². The van der Waals surface area contributed by atoms with E-state index in [1.807, 2.05) is 0 Å². The van der Waals surface area contributed by atoms with Crippen molar-refractivity contribution < 1.29 is 9.78 Å². The molecule has 1 aliphatic rings. The van der Waals surface area contributed by atoms with Crippen LogP contribution in [0.1, 0.15) is 47.0 Å². The van der Waals surface area contributed by atoms with Crippen LogP contribution in [0.2, 0.25) is 0 Å². The van der Waals surface area contributed by atoms with E-state index in [0.29, 0.717) is 0 Å². The first-order valence-electron chi connectivity index (χ1n) is 4.73. The normalized spacial score (nSPS) is 21.0. The number of rotatable bonds is 4. The molecule has 0 atom stereocenters. The molecule has 2 heteroatoms. The van der Waals surface area contributed by atoms with Gasteiger partial charge in [0.15, 0.2) is 0 Å². The first-order chi connectivity index (χ1) is 5.52. The van der Waals surface area contributed by atoms with Gasteiger partial charge in [-0.15, -0.1) is 0 Å². The van der Waals surface area contributed by atoms with Gasteiger partial charge in [0.2, 0.25) is 5.79 Å². The monoisotopic (exact) mass is 171 g/mol. The molecule has 1 saturated heterocycles. The number of unbranched alkanes of at least 4 members (excludes halogenated alkanes) is 2. The van der Waals surface area contributed by atoms with Crippen molar-refractivity contribution in [2.45, 2.75) is 52.7 Å². The summed E-state index contributed by atoms with van der Waals surface area (Å²) in [6, 6.07) is 0. The van der Waals surface area contributed by atoms with E-state index < -0.39 is 0 Å². The smallest absolute Gasteiger partial charge is 0.194 e. The molecule has 0 spiro atoms. The molecule has 0 bridgehead atoms. The van der Waals surface area contributed by atoms with Gasteiger partial charge in [0, 0.05) is 11.8 Å².